The van der Waals surface area contributed by atoms with Crippen molar-refractivity contribution in [1.29, 1.82) is 0 Å². The van der Waals surface area contributed by atoms with E-state index in [-0.39, 0.29) is 0 Å². The average Bonchev–Trinajstić information content (AvgIpc) is 2.97. The molecule has 1 aromatic heterocycles. The zero-order chi connectivity index (χ0) is 13.9. The lowest BCUT2D eigenvalue weighted by atomic mass is 9.79. The summed E-state index contributed by atoms with van der Waals surface area (Å²) in [6.45, 7) is 3.08. The van der Waals surface area contributed by atoms with Gasteiger partial charge >= 0.3 is 0 Å². The van der Waals surface area contributed by atoms with E-state index in [2.05, 4.69) is 12.1 Å². The lowest BCUT2D eigenvalue weighted by Crippen LogP contribution is -2.25. The number of hydrogen-bond donors (Lipinski definition) is 1. The summed E-state index contributed by atoms with van der Waals surface area (Å²) in [6, 6.07) is 0. The summed E-state index contributed by atoms with van der Waals surface area (Å²) in [4.78, 5) is 4.75. The average molecular weight is 277 g/mol. The zero-order valence-corrected chi connectivity index (χ0v) is 12.6. The highest BCUT2D eigenvalue weighted by molar-refractivity contribution is 5.03. The van der Waals surface area contributed by atoms with Crippen LogP contribution >= 0.6 is 0 Å². The second-order valence-corrected chi connectivity index (χ2v) is 6.83. The van der Waals surface area contributed by atoms with Gasteiger partial charge in [-0.15, -0.1) is 0 Å². The fourth-order valence-corrected chi connectivity index (χ4v) is 3.90. The summed E-state index contributed by atoms with van der Waals surface area (Å²) in [7, 11) is 0. The highest BCUT2D eigenvalue weighted by Crippen LogP contribution is 2.38. The Labute approximate surface area is 121 Å². The minimum Gasteiger partial charge on any atom is -0.339 e. The van der Waals surface area contributed by atoms with Crippen molar-refractivity contribution in [1.82, 2.24) is 10.1 Å². The number of rotatable bonds is 3. The quantitative estimate of drug-likeness (QED) is 0.916. The Morgan fingerprint density at radius 3 is 2.60 bits per heavy atom. The molecule has 0 aromatic carbocycles. The topological polar surface area (TPSA) is 64.9 Å². The number of hydrogen-bond acceptors (Lipinski definition) is 4. The van der Waals surface area contributed by atoms with E-state index in [0.29, 0.717) is 17.8 Å². The van der Waals surface area contributed by atoms with Crippen LogP contribution in [-0.2, 0) is 0 Å². The maximum absolute atomic E-state index is 5.91. The Morgan fingerprint density at radius 2 is 1.85 bits per heavy atom. The minimum atomic E-state index is 0.400. The molecule has 2 saturated carbocycles. The summed E-state index contributed by atoms with van der Waals surface area (Å²) in [5.74, 6) is 4.11. The van der Waals surface area contributed by atoms with Crippen molar-refractivity contribution in [3.05, 3.63) is 11.7 Å². The molecule has 2 N–H and O–H groups in total. The number of aromatic nitrogens is 2. The molecule has 0 saturated heterocycles. The van der Waals surface area contributed by atoms with E-state index >= 15 is 0 Å². The maximum Gasteiger partial charge on any atom is 0.230 e. The first-order chi connectivity index (χ1) is 9.78. The van der Waals surface area contributed by atoms with Crippen LogP contribution in [0, 0.1) is 11.8 Å². The Bertz CT molecular complexity index is 423. The van der Waals surface area contributed by atoms with E-state index in [1.54, 1.807) is 0 Å². The van der Waals surface area contributed by atoms with E-state index in [1.807, 2.05) is 0 Å². The van der Waals surface area contributed by atoms with E-state index in [0.717, 1.165) is 30.6 Å². The van der Waals surface area contributed by atoms with Gasteiger partial charge in [0.2, 0.25) is 5.89 Å². The van der Waals surface area contributed by atoms with Crippen LogP contribution in [0.1, 0.15) is 81.8 Å². The van der Waals surface area contributed by atoms with Crippen LogP contribution in [0.3, 0.4) is 0 Å². The third kappa shape index (κ3) is 2.90. The molecule has 0 bridgehead atoms. The second-order valence-electron chi connectivity index (χ2n) is 6.83. The van der Waals surface area contributed by atoms with Crippen LogP contribution in [0.15, 0.2) is 4.52 Å². The first-order valence-electron chi connectivity index (χ1n) is 8.31. The molecule has 2 atom stereocenters. The fourth-order valence-electron chi connectivity index (χ4n) is 3.90. The number of nitrogens with two attached hydrogens (primary N) is 1. The molecular weight excluding hydrogens is 250 g/mol. The molecule has 0 aliphatic heterocycles. The Kier molecular flexibility index (Phi) is 4.39. The molecule has 20 heavy (non-hydrogen) atoms. The predicted octanol–water partition coefficient (Wildman–Crippen LogP) is 3.60. The lowest BCUT2D eigenvalue weighted by Gasteiger charge is -2.27. The van der Waals surface area contributed by atoms with Gasteiger partial charge in [-0.3, -0.25) is 0 Å². The van der Waals surface area contributed by atoms with E-state index in [4.69, 9.17) is 15.2 Å². The summed E-state index contributed by atoms with van der Waals surface area (Å²) in [6.07, 6.45) is 9.94. The van der Waals surface area contributed by atoms with Crippen LogP contribution in [0.25, 0.3) is 0 Å². The zero-order valence-electron chi connectivity index (χ0n) is 12.6. The van der Waals surface area contributed by atoms with Crippen LogP contribution in [0.5, 0.6) is 0 Å². The fraction of sp³-hybridized carbons (Fsp3) is 0.875. The van der Waals surface area contributed by atoms with Gasteiger partial charge in [0.15, 0.2) is 5.82 Å². The van der Waals surface area contributed by atoms with Crippen LogP contribution < -0.4 is 5.73 Å². The first kappa shape index (κ1) is 14.1. The van der Waals surface area contributed by atoms with Gasteiger partial charge in [-0.2, -0.15) is 4.98 Å². The van der Waals surface area contributed by atoms with Crippen molar-refractivity contribution < 1.29 is 4.52 Å². The summed E-state index contributed by atoms with van der Waals surface area (Å²) >= 11 is 0. The Hall–Kier alpha value is -0.900. The minimum absolute atomic E-state index is 0.400. The van der Waals surface area contributed by atoms with Crippen LogP contribution in [0.2, 0.25) is 0 Å². The second kappa shape index (κ2) is 6.25. The Balaban J connectivity index is 1.69. The highest BCUT2D eigenvalue weighted by Gasteiger charge is 2.31. The molecule has 0 radical (unpaired) electrons. The molecule has 2 unspecified atom stereocenters. The van der Waals surface area contributed by atoms with E-state index < -0.39 is 0 Å². The molecule has 4 nitrogen and oxygen atoms in total. The van der Waals surface area contributed by atoms with Crippen molar-refractivity contribution in [2.24, 2.45) is 17.6 Å². The molecule has 3 rings (SSSR count). The molecule has 1 aromatic rings. The third-order valence-corrected chi connectivity index (χ3v) is 5.37. The van der Waals surface area contributed by atoms with Crippen molar-refractivity contribution in [2.45, 2.75) is 70.1 Å². The summed E-state index contributed by atoms with van der Waals surface area (Å²) in [5.41, 5.74) is 5.91. The van der Waals surface area contributed by atoms with Crippen molar-refractivity contribution in [3.63, 3.8) is 0 Å². The maximum atomic E-state index is 5.91. The molecular formula is C16H27N3O. The van der Waals surface area contributed by atoms with E-state index in [1.165, 1.54) is 44.9 Å². The molecule has 2 fully saturated rings. The molecule has 1 heterocycles. The van der Waals surface area contributed by atoms with Gasteiger partial charge in [0.05, 0.1) is 0 Å². The summed E-state index contributed by atoms with van der Waals surface area (Å²) in [5, 5.41) is 4.28. The van der Waals surface area contributed by atoms with Gasteiger partial charge in [-0.25, -0.2) is 0 Å². The number of nitrogens with zero attached hydrogens (tertiary/aromatic N) is 2. The van der Waals surface area contributed by atoms with Gasteiger partial charge < -0.3 is 10.3 Å². The highest BCUT2D eigenvalue weighted by atomic mass is 16.5. The van der Waals surface area contributed by atoms with Crippen molar-refractivity contribution >= 4 is 0 Å². The van der Waals surface area contributed by atoms with Gasteiger partial charge in [0.1, 0.15) is 0 Å². The van der Waals surface area contributed by atoms with Crippen molar-refractivity contribution in [2.75, 3.05) is 6.54 Å². The third-order valence-electron chi connectivity index (χ3n) is 5.37. The molecule has 0 spiro atoms. The monoisotopic (exact) mass is 277 g/mol. The SMILES string of the molecule is CC1CCC(c2noc(C3CCCCC3CN)n2)CC1. The largest absolute Gasteiger partial charge is 0.339 e. The van der Waals surface area contributed by atoms with Crippen LogP contribution in [-0.4, -0.2) is 16.7 Å². The molecule has 112 valence electrons. The molecule has 0 amide bonds. The van der Waals surface area contributed by atoms with Gasteiger partial charge in [-0.1, -0.05) is 37.8 Å². The summed E-state index contributed by atoms with van der Waals surface area (Å²) < 4.78 is 5.60. The van der Waals surface area contributed by atoms with Gasteiger partial charge in [0.25, 0.3) is 0 Å². The van der Waals surface area contributed by atoms with Crippen LogP contribution in [0.4, 0.5) is 0 Å². The predicted molar refractivity (Wildman–Crippen MR) is 78.4 cm³/mol. The van der Waals surface area contributed by atoms with Gasteiger partial charge in [0, 0.05) is 11.8 Å². The Morgan fingerprint density at radius 1 is 1.10 bits per heavy atom. The first-order valence-corrected chi connectivity index (χ1v) is 8.31. The molecule has 2 aliphatic rings. The van der Waals surface area contributed by atoms with Gasteiger partial charge in [-0.05, 0) is 44.1 Å². The molecule has 2 aliphatic carbocycles. The standard InChI is InChI=1S/C16H27N3O/c1-11-6-8-12(9-7-11)15-18-16(20-19-15)14-5-3-2-4-13(14)10-17/h11-14H,2-10,17H2,1H3. The van der Waals surface area contributed by atoms with Crippen molar-refractivity contribution in [3.8, 4) is 0 Å². The lowest BCUT2D eigenvalue weighted by molar-refractivity contribution is 0.248. The normalized spacial score (nSPS) is 35.1. The smallest absolute Gasteiger partial charge is 0.230 e. The molecule has 4 heteroatoms. The van der Waals surface area contributed by atoms with E-state index in [9.17, 15) is 0 Å².